The summed E-state index contributed by atoms with van der Waals surface area (Å²) in [5.74, 6) is 0.679. The van der Waals surface area contributed by atoms with E-state index >= 15 is 0 Å². The van der Waals surface area contributed by atoms with E-state index in [1.54, 1.807) is 13.3 Å². The number of aryl methyl sites for hydroxylation is 1. The topological polar surface area (TPSA) is 22.1 Å². The molecule has 0 bridgehead atoms. The second kappa shape index (κ2) is 3.18. The number of ether oxygens (including phenoxy) is 1. The Morgan fingerprint density at radius 3 is 2.80 bits per heavy atom. The molecule has 0 atom stereocenters. The molecule has 1 rings (SSSR count). The van der Waals surface area contributed by atoms with Crippen LogP contribution in [0.1, 0.15) is 5.56 Å². The maximum atomic E-state index is 4.94. The summed E-state index contributed by atoms with van der Waals surface area (Å²) in [6.45, 7) is 2.03. The van der Waals surface area contributed by atoms with E-state index in [4.69, 9.17) is 4.74 Å². The summed E-state index contributed by atoms with van der Waals surface area (Å²) in [6, 6.07) is 1.92. The minimum absolute atomic E-state index is 0.679. The van der Waals surface area contributed by atoms with Crippen LogP contribution in [0.4, 0.5) is 0 Å². The number of pyridine rings is 1. The molecule has 1 heterocycles. The summed E-state index contributed by atoms with van der Waals surface area (Å²) in [6.07, 6.45) is 1.80. The zero-order valence-corrected chi connectivity index (χ0v) is 8.05. The van der Waals surface area contributed by atoms with Gasteiger partial charge in [0.25, 0.3) is 0 Å². The van der Waals surface area contributed by atoms with Gasteiger partial charge < -0.3 is 4.74 Å². The van der Waals surface area contributed by atoms with E-state index in [0.29, 0.717) is 5.88 Å². The molecule has 2 nitrogen and oxygen atoms in total. The molecule has 10 heavy (non-hydrogen) atoms. The van der Waals surface area contributed by atoms with Crippen LogP contribution in [0.5, 0.6) is 5.88 Å². The highest BCUT2D eigenvalue weighted by Gasteiger charge is 1.96. The summed E-state index contributed by atoms with van der Waals surface area (Å²) in [5, 5.41) is 0. The number of hydrogen-bond acceptors (Lipinski definition) is 2. The molecule has 3 heteroatoms. The number of halogens is 1. The van der Waals surface area contributed by atoms with Gasteiger partial charge in [0.15, 0.2) is 0 Å². The Morgan fingerprint density at radius 2 is 2.30 bits per heavy atom. The van der Waals surface area contributed by atoms with Crippen molar-refractivity contribution in [2.75, 3.05) is 7.11 Å². The lowest BCUT2D eigenvalue weighted by Gasteiger charge is -1.99. The average Bonchev–Trinajstić information content (AvgIpc) is 1.95. The molecule has 0 radical (unpaired) electrons. The van der Waals surface area contributed by atoms with Crippen molar-refractivity contribution in [3.8, 4) is 5.88 Å². The minimum Gasteiger partial charge on any atom is -0.481 e. The number of aromatic nitrogens is 1. The third kappa shape index (κ3) is 1.59. The molecule has 0 fully saturated rings. The van der Waals surface area contributed by atoms with Crippen molar-refractivity contribution in [3.63, 3.8) is 0 Å². The summed E-state index contributed by atoms with van der Waals surface area (Å²) < 4.78 is 6.10. The van der Waals surface area contributed by atoms with E-state index in [9.17, 15) is 0 Å². The van der Waals surface area contributed by atoms with Gasteiger partial charge in [-0.15, -0.1) is 0 Å². The van der Waals surface area contributed by atoms with Crippen LogP contribution in [-0.2, 0) is 0 Å². The van der Waals surface area contributed by atoms with E-state index < -0.39 is 0 Å². The van der Waals surface area contributed by atoms with Crippen molar-refractivity contribution in [1.82, 2.24) is 4.98 Å². The predicted octanol–water partition coefficient (Wildman–Crippen LogP) is 2.00. The van der Waals surface area contributed by atoms with Crippen molar-refractivity contribution in [3.05, 3.63) is 21.4 Å². The van der Waals surface area contributed by atoms with Crippen LogP contribution in [0.2, 0.25) is 0 Å². The van der Waals surface area contributed by atoms with E-state index in [1.807, 2.05) is 13.0 Å². The van der Waals surface area contributed by atoms with Crippen LogP contribution < -0.4 is 4.74 Å². The van der Waals surface area contributed by atoms with Crippen LogP contribution >= 0.6 is 22.6 Å². The summed E-state index contributed by atoms with van der Waals surface area (Å²) in [4.78, 5) is 4.03. The lowest BCUT2D eigenvalue weighted by Crippen LogP contribution is -1.89. The molecular weight excluding hydrogens is 241 g/mol. The van der Waals surface area contributed by atoms with E-state index in [1.165, 1.54) is 9.13 Å². The molecule has 0 saturated carbocycles. The number of rotatable bonds is 1. The Labute approximate surface area is 73.8 Å². The lowest BCUT2D eigenvalue weighted by atomic mass is 10.3. The van der Waals surface area contributed by atoms with Crippen molar-refractivity contribution in [2.24, 2.45) is 0 Å². The first-order valence-corrected chi connectivity index (χ1v) is 3.98. The van der Waals surface area contributed by atoms with Gasteiger partial charge in [-0.2, -0.15) is 0 Å². The molecule has 0 spiro atoms. The van der Waals surface area contributed by atoms with E-state index in [2.05, 4.69) is 27.6 Å². The predicted molar refractivity (Wildman–Crippen MR) is 48.2 cm³/mol. The Hall–Kier alpha value is -0.320. The zero-order valence-electron chi connectivity index (χ0n) is 5.89. The second-order valence-electron chi connectivity index (χ2n) is 1.98. The Bertz CT molecular complexity index is 237. The largest absolute Gasteiger partial charge is 0.481 e. The van der Waals surface area contributed by atoms with Gasteiger partial charge in [-0.05, 0) is 35.1 Å². The van der Waals surface area contributed by atoms with Crippen molar-refractivity contribution < 1.29 is 4.74 Å². The van der Waals surface area contributed by atoms with Gasteiger partial charge in [0.05, 0.1) is 7.11 Å². The molecule has 0 unspecified atom stereocenters. The summed E-state index contributed by atoms with van der Waals surface area (Å²) >= 11 is 2.24. The van der Waals surface area contributed by atoms with E-state index in [0.717, 1.165) is 0 Å². The second-order valence-corrected chi connectivity index (χ2v) is 3.14. The fourth-order valence-corrected chi connectivity index (χ4v) is 0.920. The minimum atomic E-state index is 0.679. The number of nitrogens with zero attached hydrogens (tertiary/aromatic N) is 1. The SMILES string of the molecule is COc1cc(C)c(I)cn1. The molecule has 0 aliphatic rings. The highest BCUT2D eigenvalue weighted by Crippen LogP contribution is 2.14. The molecule has 54 valence electrons. The Kier molecular flexibility index (Phi) is 2.48. The van der Waals surface area contributed by atoms with Gasteiger partial charge in [0, 0.05) is 15.8 Å². The Balaban J connectivity index is 3.04. The molecule has 0 aliphatic carbocycles. The van der Waals surface area contributed by atoms with Gasteiger partial charge in [0.1, 0.15) is 0 Å². The van der Waals surface area contributed by atoms with Gasteiger partial charge >= 0.3 is 0 Å². The first-order chi connectivity index (χ1) is 4.74. The summed E-state index contributed by atoms with van der Waals surface area (Å²) in [7, 11) is 1.62. The molecular formula is C7H8INO. The molecule has 0 aromatic carbocycles. The molecule has 0 N–H and O–H groups in total. The van der Waals surface area contributed by atoms with Crippen LogP contribution in [0.15, 0.2) is 12.3 Å². The Morgan fingerprint density at radius 1 is 1.60 bits per heavy atom. The molecule has 0 aliphatic heterocycles. The third-order valence-corrected chi connectivity index (χ3v) is 2.36. The highest BCUT2D eigenvalue weighted by atomic mass is 127. The molecule has 0 saturated heterocycles. The smallest absolute Gasteiger partial charge is 0.213 e. The molecule has 1 aromatic rings. The van der Waals surface area contributed by atoms with Crippen molar-refractivity contribution in [1.29, 1.82) is 0 Å². The van der Waals surface area contributed by atoms with E-state index in [-0.39, 0.29) is 0 Å². The monoisotopic (exact) mass is 249 g/mol. The normalized spacial score (nSPS) is 9.50. The quantitative estimate of drug-likeness (QED) is 0.710. The average molecular weight is 249 g/mol. The molecule has 0 amide bonds. The number of hydrogen-bond donors (Lipinski definition) is 0. The maximum Gasteiger partial charge on any atom is 0.213 e. The van der Waals surface area contributed by atoms with Crippen molar-refractivity contribution >= 4 is 22.6 Å². The standard InChI is InChI=1S/C7H8INO/c1-5-3-7(10-2)9-4-6(5)8/h3-4H,1-2H3. The molecule has 1 aromatic heterocycles. The fourth-order valence-electron chi connectivity index (χ4n) is 0.625. The first-order valence-electron chi connectivity index (χ1n) is 2.90. The van der Waals surface area contributed by atoms with Crippen LogP contribution in [-0.4, -0.2) is 12.1 Å². The van der Waals surface area contributed by atoms with Crippen LogP contribution in [0.25, 0.3) is 0 Å². The maximum absolute atomic E-state index is 4.94. The fraction of sp³-hybridized carbons (Fsp3) is 0.286. The first kappa shape index (κ1) is 7.78. The van der Waals surface area contributed by atoms with Gasteiger partial charge in [-0.25, -0.2) is 4.98 Å². The summed E-state index contributed by atoms with van der Waals surface area (Å²) in [5.41, 5.74) is 1.20. The highest BCUT2D eigenvalue weighted by molar-refractivity contribution is 14.1. The van der Waals surface area contributed by atoms with Gasteiger partial charge in [-0.3, -0.25) is 0 Å². The third-order valence-electron chi connectivity index (χ3n) is 1.23. The number of methoxy groups -OCH3 is 1. The lowest BCUT2D eigenvalue weighted by molar-refractivity contribution is 0.397. The van der Waals surface area contributed by atoms with Gasteiger partial charge in [0.2, 0.25) is 5.88 Å². The van der Waals surface area contributed by atoms with Crippen LogP contribution in [0, 0.1) is 10.5 Å². The van der Waals surface area contributed by atoms with Crippen molar-refractivity contribution in [2.45, 2.75) is 6.92 Å². The van der Waals surface area contributed by atoms with Gasteiger partial charge in [-0.1, -0.05) is 0 Å². The van der Waals surface area contributed by atoms with Crippen LogP contribution in [0.3, 0.4) is 0 Å². The zero-order chi connectivity index (χ0) is 7.56.